The van der Waals surface area contributed by atoms with E-state index in [0.29, 0.717) is 6.42 Å². The van der Waals surface area contributed by atoms with Crippen LogP contribution in [0.3, 0.4) is 0 Å². The first kappa shape index (κ1) is 33.4. The maximum Gasteiger partial charge on any atom is 0.192 e. The molecule has 0 saturated carbocycles. The Morgan fingerprint density at radius 2 is 1.19 bits per heavy atom. The minimum Gasteiger partial charge on any atom is -0.497 e. The van der Waals surface area contributed by atoms with Crippen LogP contribution < -0.4 is 9.47 Å². The van der Waals surface area contributed by atoms with Crippen molar-refractivity contribution < 1.29 is 23.7 Å². The lowest BCUT2D eigenvalue weighted by atomic mass is 9.79. The zero-order valence-electron chi connectivity index (χ0n) is 27.1. The van der Waals surface area contributed by atoms with Crippen LogP contribution in [-0.4, -0.2) is 39.9 Å². The van der Waals surface area contributed by atoms with Crippen molar-refractivity contribution in [1.29, 1.82) is 0 Å². The Kier molecular flexibility index (Phi) is 10.7. The molecule has 0 radical (unpaired) electrons. The first-order valence-corrected chi connectivity index (χ1v) is 17.7. The summed E-state index contributed by atoms with van der Waals surface area (Å²) in [5.41, 5.74) is 1.34. The number of ether oxygens (including phenoxy) is 3. The minimum absolute atomic E-state index is 0.00712. The summed E-state index contributed by atoms with van der Waals surface area (Å²) in [5.74, 6) is 1.54. The lowest BCUT2D eigenvalue weighted by Gasteiger charge is -2.45. The fourth-order valence-corrected chi connectivity index (χ4v) is 6.26. The van der Waals surface area contributed by atoms with Crippen LogP contribution in [0.1, 0.15) is 64.7 Å². The zero-order chi connectivity index (χ0) is 31.2. The van der Waals surface area contributed by atoms with Gasteiger partial charge < -0.3 is 23.7 Å². The third-order valence-corrected chi connectivity index (χ3v) is 13.3. The second kappa shape index (κ2) is 13.5. The Labute approximate surface area is 254 Å². The van der Waals surface area contributed by atoms with E-state index in [4.69, 9.17) is 18.6 Å². The van der Waals surface area contributed by atoms with Crippen molar-refractivity contribution in [1.82, 2.24) is 0 Å². The summed E-state index contributed by atoms with van der Waals surface area (Å²) in [6, 6.07) is 26.2. The second-order valence-electron chi connectivity index (χ2n) is 13.0. The maximum absolute atomic E-state index is 11.1. The Morgan fingerprint density at radius 1 is 0.738 bits per heavy atom. The van der Waals surface area contributed by atoms with Gasteiger partial charge in [-0.25, -0.2) is 0 Å². The molecule has 2 atom stereocenters. The van der Waals surface area contributed by atoms with Crippen LogP contribution in [-0.2, 0) is 14.8 Å². The van der Waals surface area contributed by atoms with Gasteiger partial charge in [0.2, 0.25) is 0 Å². The quantitative estimate of drug-likeness (QED) is 0.123. The SMILES string of the molecule is CCC(O)C(C)(C)[C@H](/C=C/OC(c1ccccc1)(c1ccc(OC)cc1)c1ccc(OC)cc1)O[Si](C)(C)C(C)(C)C. The summed E-state index contributed by atoms with van der Waals surface area (Å²) in [6.07, 6.45) is 3.48. The standard InChI is InChI=1S/C36H50O5Si/c1-11-32(37)35(5,6)33(41-42(9,10)34(2,3)4)25-26-40-36(27-15-13-12-14-16-27,28-17-21-30(38-7)22-18-28)29-19-23-31(39-8)24-20-29/h12-26,32-33,37H,11H2,1-10H3/b26-25+/t32?,33-/m0/s1. The largest absolute Gasteiger partial charge is 0.497 e. The normalized spacial score (nSPS) is 14.5. The molecule has 3 aromatic carbocycles. The minimum atomic E-state index is -2.19. The van der Waals surface area contributed by atoms with Crippen molar-refractivity contribution in [2.45, 2.75) is 83.9 Å². The molecule has 3 aromatic rings. The molecular formula is C36H50O5Si. The van der Waals surface area contributed by atoms with Gasteiger partial charge in [-0.1, -0.05) is 96.1 Å². The van der Waals surface area contributed by atoms with Crippen LogP contribution in [0.15, 0.2) is 91.2 Å². The zero-order valence-corrected chi connectivity index (χ0v) is 28.1. The first-order valence-electron chi connectivity index (χ1n) is 14.8. The maximum atomic E-state index is 11.1. The highest BCUT2D eigenvalue weighted by Crippen LogP contribution is 2.44. The predicted octanol–water partition coefficient (Wildman–Crippen LogP) is 8.71. The van der Waals surface area contributed by atoms with E-state index < -0.39 is 25.4 Å². The molecule has 0 saturated heterocycles. The molecule has 228 valence electrons. The number of hydrogen-bond acceptors (Lipinski definition) is 5. The molecule has 0 fully saturated rings. The molecule has 0 aromatic heterocycles. The van der Waals surface area contributed by atoms with E-state index in [-0.39, 0.29) is 11.1 Å². The summed E-state index contributed by atoms with van der Waals surface area (Å²) in [4.78, 5) is 0. The van der Waals surface area contributed by atoms with Crippen molar-refractivity contribution in [3.05, 3.63) is 108 Å². The van der Waals surface area contributed by atoms with E-state index in [9.17, 15) is 5.11 Å². The smallest absolute Gasteiger partial charge is 0.192 e. The third kappa shape index (κ3) is 7.11. The van der Waals surface area contributed by atoms with Crippen LogP contribution in [0.5, 0.6) is 11.5 Å². The molecule has 3 rings (SSSR count). The van der Waals surface area contributed by atoms with Gasteiger partial charge in [-0.15, -0.1) is 0 Å². The molecule has 6 heteroatoms. The molecule has 0 aliphatic rings. The summed E-state index contributed by atoms with van der Waals surface area (Å²) in [7, 11) is 1.14. The molecule has 0 bridgehead atoms. The number of aliphatic hydroxyl groups is 1. The van der Waals surface area contributed by atoms with Crippen LogP contribution in [0.25, 0.3) is 0 Å². The van der Waals surface area contributed by atoms with Gasteiger partial charge in [0.25, 0.3) is 0 Å². The molecule has 0 aliphatic carbocycles. The van der Waals surface area contributed by atoms with Gasteiger partial charge in [-0.2, -0.15) is 0 Å². The number of benzene rings is 3. The second-order valence-corrected chi connectivity index (χ2v) is 17.8. The monoisotopic (exact) mass is 590 g/mol. The molecule has 0 amide bonds. The van der Waals surface area contributed by atoms with Crippen molar-refractivity contribution in [3.63, 3.8) is 0 Å². The lowest BCUT2D eigenvalue weighted by molar-refractivity contribution is -0.0233. The van der Waals surface area contributed by atoms with E-state index in [0.717, 1.165) is 28.2 Å². The molecule has 0 spiro atoms. The van der Waals surface area contributed by atoms with Crippen LogP contribution in [0.2, 0.25) is 18.1 Å². The van der Waals surface area contributed by atoms with Gasteiger partial charge in [-0.05, 0) is 54.9 Å². The molecule has 42 heavy (non-hydrogen) atoms. The summed E-state index contributed by atoms with van der Waals surface area (Å²) in [5, 5.41) is 11.1. The van der Waals surface area contributed by atoms with Gasteiger partial charge in [0, 0.05) is 22.1 Å². The Balaban J connectivity index is 2.21. The van der Waals surface area contributed by atoms with Gasteiger partial charge >= 0.3 is 0 Å². The highest BCUT2D eigenvalue weighted by Gasteiger charge is 2.44. The van der Waals surface area contributed by atoms with E-state index >= 15 is 0 Å². The van der Waals surface area contributed by atoms with Crippen molar-refractivity contribution in [2.24, 2.45) is 5.41 Å². The summed E-state index contributed by atoms with van der Waals surface area (Å²) < 4.78 is 24.9. The Bertz CT molecular complexity index is 1230. The van der Waals surface area contributed by atoms with Crippen molar-refractivity contribution in [2.75, 3.05) is 14.2 Å². The van der Waals surface area contributed by atoms with Crippen molar-refractivity contribution >= 4 is 8.32 Å². The molecule has 1 N–H and O–H groups in total. The average Bonchev–Trinajstić information content (AvgIpc) is 2.98. The first-order chi connectivity index (χ1) is 19.7. The van der Waals surface area contributed by atoms with Crippen LogP contribution in [0.4, 0.5) is 0 Å². The fraction of sp³-hybridized carbons (Fsp3) is 0.444. The predicted molar refractivity (Wildman–Crippen MR) is 175 cm³/mol. The van der Waals surface area contributed by atoms with Gasteiger partial charge in [0.15, 0.2) is 13.9 Å². The van der Waals surface area contributed by atoms with Crippen LogP contribution in [0, 0.1) is 5.41 Å². The van der Waals surface area contributed by atoms with Crippen LogP contribution >= 0.6 is 0 Å². The third-order valence-electron chi connectivity index (χ3n) is 8.88. The summed E-state index contributed by atoms with van der Waals surface area (Å²) >= 11 is 0. The lowest BCUT2D eigenvalue weighted by Crippen LogP contribution is -2.50. The van der Waals surface area contributed by atoms with Gasteiger partial charge in [0.1, 0.15) is 11.5 Å². The number of rotatable bonds is 13. The van der Waals surface area contributed by atoms with E-state index in [2.05, 4.69) is 59.8 Å². The molecule has 0 aliphatic heterocycles. The topological polar surface area (TPSA) is 57.2 Å². The van der Waals surface area contributed by atoms with E-state index in [1.807, 2.05) is 79.7 Å². The number of aliphatic hydroxyl groups excluding tert-OH is 1. The number of methoxy groups -OCH3 is 2. The Hall–Kier alpha value is -3.06. The van der Waals surface area contributed by atoms with E-state index in [1.165, 1.54) is 0 Å². The summed E-state index contributed by atoms with van der Waals surface area (Å²) in [6.45, 7) is 17.3. The van der Waals surface area contributed by atoms with Crippen molar-refractivity contribution in [3.8, 4) is 11.5 Å². The van der Waals surface area contributed by atoms with E-state index in [1.54, 1.807) is 20.5 Å². The highest BCUT2D eigenvalue weighted by molar-refractivity contribution is 6.74. The van der Waals surface area contributed by atoms with Gasteiger partial charge in [0.05, 0.1) is 32.7 Å². The average molecular weight is 591 g/mol. The molecular weight excluding hydrogens is 540 g/mol. The van der Waals surface area contributed by atoms with Gasteiger partial charge in [-0.3, -0.25) is 0 Å². The number of hydrogen-bond donors (Lipinski definition) is 1. The molecule has 5 nitrogen and oxygen atoms in total. The fourth-order valence-electron chi connectivity index (χ4n) is 4.89. The molecule has 1 unspecified atom stereocenters. The highest BCUT2D eigenvalue weighted by atomic mass is 28.4. The Morgan fingerprint density at radius 3 is 1.60 bits per heavy atom. The molecule has 0 heterocycles.